The molecule has 104 valence electrons. The number of morpholine rings is 1. The summed E-state index contributed by atoms with van der Waals surface area (Å²) in [4.78, 5) is 23.9. The van der Waals surface area contributed by atoms with Crippen molar-refractivity contribution in [3.63, 3.8) is 0 Å². The molecule has 0 radical (unpaired) electrons. The molecule has 1 fully saturated rings. The van der Waals surface area contributed by atoms with Crippen molar-refractivity contribution in [2.24, 2.45) is 0 Å². The van der Waals surface area contributed by atoms with E-state index >= 15 is 0 Å². The maximum Gasteiger partial charge on any atom is 0.327 e. The Morgan fingerprint density at radius 3 is 2.83 bits per heavy atom. The van der Waals surface area contributed by atoms with E-state index in [2.05, 4.69) is 15.5 Å². The summed E-state index contributed by atoms with van der Waals surface area (Å²) in [6.45, 7) is 4.50. The molecule has 1 aliphatic rings. The smallest absolute Gasteiger partial charge is 0.327 e. The van der Waals surface area contributed by atoms with E-state index in [0.717, 1.165) is 13.1 Å². The second kappa shape index (κ2) is 7.30. The molecule has 3 N–H and O–H groups in total. The minimum atomic E-state index is -1.04. The third-order valence-electron chi connectivity index (χ3n) is 2.74. The Kier molecular flexibility index (Phi) is 6.03. The monoisotopic (exact) mass is 259 g/mol. The minimum absolute atomic E-state index is 0.0653. The highest BCUT2D eigenvalue weighted by molar-refractivity contribution is 5.82. The number of carbonyl (C=O) groups is 2. The summed E-state index contributed by atoms with van der Waals surface area (Å²) in [5, 5.41) is 14.3. The van der Waals surface area contributed by atoms with Crippen LogP contribution in [0.25, 0.3) is 0 Å². The van der Waals surface area contributed by atoms with Crippen LogP contribution in [0.1, 0.15) is 6.92 Å². The van der Waals surface area contributed by atoms with Gasteiger partial charge in [-0.25, -0.2) is 4.79 Å². The molecule has 0 aromatic heterocycles. The number of ether oxygens (including phenoxy) is 1. The molecule has 1 heterocycles. The molecule has 18 heavy (non-hydrogen) atoms. The van der Waals surface area contributed by atoms with Gasteiger partial charge in [0, 0.05) is 33.1 Å². The van der Waals surface area contributed by atoms with Crippen LogP contribution in [0.3, 0.4) is 0 Å². The van der Waals surface area contributed by atoms with E-state index in [1.165, 1.54) is 6.92 Å². The van der Waals surface area contributed by atoms with Gasteiger partial charge in [-0.05, 0) is 7.05 Å². The van der Waals surface area contributed by atoms with Crippen LogP contribution in [0.15, 0.2) is 0 Å². The molecule has 7 heteroatoms. The van der Waals surface area contributed by atoms with Crippen molar-refractivity contribution in [2.75, 3.05) is 39.8 Å². The Hall–Kier alpha value is -1.18. The van der Waals surface area contributed by atoms with E-state index in [1.54, 1.807) is 0 Å². The summed E-state index contributed by atoms with van der Waals surface area (Å²) in [5.41, 5.74) is 0. The second-order valence-corrected chi connectivity index (χ2v) is 4.50. The number of hydrogen-bond donors (Lipinski definition) is 3. The van der Waals surface area contributed by atoms with Crippen molar-refractivity contribution >= 4 is 11.9 Å². The van der Waals surface area contributed by atoms with Crippen molar-refractivity contribution in [1.29, 1.82) is 0 Å². The lowest BCUT2D eigenvalue weighted by Crippen LogP contribution is -2.50. The quantitative estimate of drug-likeness (QED) is 0.537. The van der Waals surface area contributed by atoms with E-state index in [0.29, 0.717) is 13.2 Å². The van der Waals surface area contributed by atoms with Crippen LogP contribution in [-0.4, -0.2) is 73.9 Å². The van der Waals surface area contributed by atoms with E-state index in [4.69, 9.17) is 9.84 Å². The number of likely N-dealkylation sites (N-methyl/N-ethyl adjacent to an activating group) is 1. The average Bonchev–Trinajstić information content (AvgIpc) is 2.27. The molecule has 1 rings (SSSR count). The van der Waals surface area contributed by atoms with Gasteiger partial charge >= 0.3 is 5.97 Å². The molecule has 2 atom stereocenters. The van der Waals surface area contributed by atoms with Crippen molar-refractivity contribution in [3.05, 3.63) is 0 Å². The molecule has 0 bridgehead atoms. The van der Waals surface area contributed by atoms with Crippen LogP contribution in [0, 0.1) is 0 Å². The molecule has 7 nitrogen and oxygen atoms in total. The number of rotatable bonds is 6. The summed E-state index contributed by atoms with van der Waals surface area (Å²) in [6.07, 6.45) is 0.0653. The second-order valence-electron chi connectivity index (χ2n) is 4.50. The Morgan fingerprint density at radius 2 is 2.28 bits per heavy atom. The van der Waals surface area contributed by atoms with E-state index < -0.39 is 12.0 Å². The van der Waals surface area contributed by atoms with Gasteiger partial charge in [0.15, 0.2) is 0 Å². The Bertz CT molecular complexity index is 298. The Labute approximate surface area is 106 Å². The van der Waals surface area contributed by atoms with Gasteiger partial charge in [0.1, 0.15) is 6.04 Å². The first kappa shape index (κ1) is 14.9. The Morgan fingerprint density at radius 1 is 1.56 bits per heavy atom. The molecule has 0 saturated carbocycles. The molecular formula is C11H21N3O4. The number of carbonyl (C=O) groups excluding carboxylic acids is 1. The van der Waals surface area contributed by atoms with Gasteiger partial charge in [-0.3, -0.25) is 4.79 Å². The molecule has 0 aliphatic carbocycles. The van der Waals surface area contributed by atoms with Gasteiger partial charge in [-0.2, -0.15) is 0 Å². The highest BCUT2D eigenvalue weighted by Gasteiger charge is 2.20. The fourth-order valence-electron chi connectivity index (χ4n) is 1.82. The molecule has 0 spiro atoms. The van der Waals surface area contributed by atoms with Crippen LogP contribution < -0.4 is 10.6 Å². The minimum Gasteiger partial charge on any atom is -0.480 e. The van der Waals surface area contributed by atoms with Gasteiger partial charge < -0.3 is 25.4 Å². The summed E-state index contributed by atoms with van der Waals surface area (Å²) in [7, 11) is 2.02. The third kappa shape index (κ3) is 5.44. The molecule has 1 saturated heterocycles. The summed E-state index contributed by atoms with van der Waals surface area (Å²) < 4.78 is 5.53. The number of carboxylic acids is 1. The van der Waals surface area contributed by atoms with Crippen molar-refractivity contribution in [2.45, 2.75) is 19.1 Å². The molecule has 1 amide bonds. The lowest BCUT2D eigenvalue weighted by atomic mass is 10.2. The zero-order valence-corrected chi connectivity index (χ0v) is 10.8. The Balaban J connectivity index is 2.25. The molecule has 1 aliphatic heterocycles. The highest BCUT2D eigenvalue weighted by atomic mass is 16.5. The van der Waals surface area contributed by atoms with Gasteiger partial charge in [0.2, 0.25) is 5.91 Å². The van der Waals surface area contributed by atoms with Crippen LogP contribution in [0.5, 0.6) is 0 Å². The van der Waals surface area contributed by atoms with Crippen molar-refractivity contribution < 1.29 is 19.4 Å². The lowest BCUT2D eigenvalue weighted by molar-refractivity contribution is -0.141. The van der Waals surface area contributed by atoms with E-state index in [1.807, 2.05) is 7.05 Å². The molecule has 0 aromatic rings. The van der Waals surface area contributed by atoms with Gasteiger partial charge in [0.05, 0.1) is 12.7 Å². The van der Waals surface area contributed by atoms with Crippen LogP contribution in [-0.2, 0) is 14.3 Å². The third-order valence-corrected chi connectivity index (χ3v) is 2.74. The number of aliphatic carboxylic acids is 1. The van der Waals surface area contributed by atoms with Crippen LogP contribution in [0.4, 0.5) is 0 Å². The van der Waals surface area contributed by atoms with Crippen LogP contribution in [0.2, 0.25) is 0 Å². The van der Waals surface area contributed by atoms with E-state index in [-0.39, 0.29) is 18.6 Å². The van der Waals surface area contributed by atoms with Gasteiger partial charge in [-0.1, -0.05) is 0 Å². The average molecular weight is 259 g/mol. The number of carboxylic acid groups (broad SMARTS) is 1. The lowest BCUT2D eigenvalue weighted by Gasteiger charge is -2.30. The topological polar surface area (TPSA) is 90.9 Å². The predicted octanol–water partition coefficient (Wildman–Crippen LogP) is -1.50. The molecule has 2 unspecified atom stereocenters. The fourth-order valence-corrected chi connectivity index (χ4v) is 1.82. The largest absolute Gasteiger partial charge is 0.480 e. The van der Waals surface area contributed by atoms with Crippen LogP contribution >= 0.6 is 0 Å². The normalized spacial score (nSPS) is 22.4. The molecule has 0 aromatic carbocycles. The predicted molar refractivity (Wildman–Crippen MR) is 65.3 cm³/mol. The number of nitrogens with one attached hydrogen (secondary N) is 2. The maximum atomic E-state index is 10.9. The number of nitrogens with zero attached hydrogens (tertiary/aromatic N) is 1. The first-order chi connectivity index (χ1) is 8.49. The molecular weight excluding hydrogens is 238 g/mol. The summed E-state index contributed by atoms with van der Waals surface area (Å²) >= 11 is 0. The first-order valence-electron chi connectivity index (χ1n) is 6.00. The standard InChI is InChI=1S/C11H21N3O4/c1-8(15)13-10(11(16)17)6-12-5-9-7-14(2)3-4-18-9/h9-10,12H,3-7H2,1-2H3,(H,13,15)(H,16,17). The number of hydrogen-bond acceptors (Lipinski definition) is 5. The zero-order chi connectivity index (χ0) is 13.5. The number of amides is 1. The van der Waals surface area contributed by atoms with E-state index in [9.17, 15) is 9.59 Å². The van der Waals surface area contributed by atoms with Gasteiger partial charge in [0.25, 0.3) is 0 Å². The maximum absolute atomic E-state index is 10.9. The van der Waals surface area contributed by atoms with Crippen molar-refractivity contribution in [3.8, 4) is 0 Å². The highest BCUT2D eigenvalue weighted by Crippen LogP contribution is 2.01. The zero-order valence-electron chi connectivity index (χ0n) is 10.8. The fraction of sp³-hybridized carbons (Fsp3) is 0.818. The summed E-state index contributed by atoms with van der Waals surface area (Å²) in [6, 6.07) is -0.899. The van der Waals surface area contributed by atoms with Crippen molar-refractivity contribution in [1.82, 2.24) is 15.5 Å². The SMILES string of the molecule is CC(=O)NC(CNCC1CN(C)CCO1)C(=O)O. The summed E-state index contributed by atoms with van der Waals surface area (Å²) in [5.74, 6) is -1.39. The van der Waals surface area contributed by atoms with Gasteiger partial charge in [-0.15, -0.1) is 0 Å². The first-order valence-corrected chi connectivity index (χ1v) is 6.00.